The highest BCUT2D eigenvalue weighted by Gasteiger charge is 2.20. The molecule has 0 unspecified atom stereocenters. The summed E-state index contributed by atoms with van der Waals surface area (Å²) in [6.45, 7) is 2.33. The molecule has 0 saturated heterocycles. The third kappa shape index (κ3) is 9.21. The molecule has 2 aromatic rings. The van der Waals surface area contributed by atoms with Gasteiger partial charge in [0.05, 0.1) is 0 Å². The average Bonchev–Trinajstić information content (AvgIpc) is 2.94. The standard InChI is InChI=1S/C21H23BrN2O2.C4H4O4/c22-18-11-10-17-9-8-16-5-1-2-6-19(16)24(20(17)15-18)14-4-13-23-12-3-7-21(25)26;5-3(6)1-2-4(7)8/h1-3,5-7,10-11,15,23H,4,8-9,12-14H2,(H,25,26);1-2H,(H,5,6)(H,7,8)/b7-3+;2-1-. The molecule has 1 aliphatic heterocycles. The van der Waals surface area contributed by atoms with Crippen LogP contribution in [-0.4, -0.2) is 52.9 Å². The largest absolute Gasteiger partial charge is 0.478 e. The quantitative estimate of drug-likeness (QED) is 0.282. The van der Waals surface area contributed by atoms with Gasteiger partial charge in [0, 0.05) is 47.2 Å². The summed E-state index contributed by atoms with van der Waals surface area (Å²) in [6, 6.07) is 15.2. The molecule has 0 saturated carbocycles. The lowest BCUT2D eigenvalue weighted by Gasteiger charge is -2.27. The van der Waals surface area contributed by atoms with Crippen molar-refractivity contribution in [1.29, 1.82) is 0 Å². The van der Waals surface area contributed by atoms with Crippen LogP contribution in [0.3, 0.4) is 0 Å². The molecule has 0 amide bonds. The Bertz CT molecular complexity index is 1050. The molecule has 0 aliphatic carbocycles. The first-order chi connectivity index (χ1) is 16.3. The first kappa shape index (κ1) is 26.8. The fourth-order valence-electron chi connectivity index (χ4n) is 3.48. The van der Waals surface area contributed by atoms with Gasteiger partial charge < -0.3 is 25.5 Å². The number of nitrogens with zero attached hydrogens (tertiary/aromatic N) is 1. The van der Waals surface area contributed by atoms with Gasteiger partial charge in [0.25, 0.3) is 0 Å². The van der Waals surface area contributed by atoms with Crippen LogP contribution in [0, 0.1) is 0 Å². The molecule has 3 rings (SSSR count). The summed E-state index contributed by atoms with van der Waals surface area (Å²) >= 11 is 3.61. The molecule has 4 N–H and O–H groups in total. The van der Waals surface area contributed by atoms with Crippen molar-refractivity contribution in [1.82, 2.24) is 5.32 Å². The molecule has 180 valence electrons. The highest BCUT2D eigenvalue weighted by Crippen LogP contribution is 2.37. The molecular weight excluding hydrogens is 504 g/mol. The minimum Gasteiger partial charge on any atom is -0.478 e. The Morgan fingerprint density at radius 3 is 2.15 bits per heavy atom. The molecule has 2 aromatic carbocycles. The van der Waals surface area contributed by atoms with E-state index in [4.69, 9.17) is 15.3 Å². The van der Waals surface area contributed by atoms with E-state index in [-0.39, 0.29) is 0 Å². The zero-order valence-electron chi connectivity index (χ0n) is 18.5. The Hall–Kier alpha value is -3.43. The summed E-state index contributed by atoms with van der Waals surface area (Å²) in [7, 11) is 0. The number of carbonyl (C=O) groups is 3. The Kier molecular flexibility index (Phi) is 11.0. The van der Waals surface area contributed by atoms with Gasteiger partial charge in [0.15, 0.2) is 0 Å². The van der Waals surface area contributed by atoms with Gasteiger partial charge in [-0.2, -0.15) is 0 Å². The number of hydrogen-bond donors (Lipinski definition) is 4. The smallest absolute Gasteiger partial charge is 0.328 e. The first-order valence-corrected chi connectivity index (χ1v) is 11.4. The number of para-hydroxylation sites is 1. The van der Waals surface area contributed by atoms with Crippen molar-refractivity contribution >= 4 is 45.2 Å². The second-order valence-electron chi connectivity index (χ2n) is 7.36. The maximum Gasteiger partial charge on any atom is 0.328 e. The molecule has 1 heterocycles. The van der Waals surface area contributed by atoms with Gasteiger partial charge in [-0.25, -0.2) is 14.4 Å². The average molecular weight is 531 g/mol. The molecular formula is C25H27BrN2O6. The van der Waals surface area contributed by atoms with E-state index in [1.807, 2.05) is 0 Å². The highest BCUT2D eigenvalue weighted by atomic mass is 79.9. The van der Waals surface area contributed by atoms with Crippen molar-refractivity contribution in [3.05, 3.63) is 82.4 Å². The number of carboxylic acid groups (broad SMARTS) is 3. The Labute approximate surface area is 206 Å². The van der Waals surface area contributed by atoms with Gasteiger partial charge in [0.2, 0.25) is 0 Å². The summed E-state index contributed by atoms with van der Waals surface area (Å²) < 4.78 is 1.09. The zero-order valence-corrected chi connectivity index (χ0v) is 20.1. The van der Waals surface area contributed by atoms with E-state index in [1.165, 1.54) is 28.6 Å². The van der Waals surface area contributed by atoms with Crippen LogP contribution in [0.15, 0.2) is 71.2 Å². The summed E-state index contributed by atoms with van der Waals surface area (Å²) in [4.78, 5) is 32.0. The molecule has 0 bridgehead atoms. The molecule has 1 aliphatic rings. The van der Waals surface area contributed by atoms with Crippen LogP contribution in [0.2, 0.25) is 0 Å². The van der Waals surface area contributed by atoms with E-state index in [1.54, 1.807) is 6.08 Å². The summed E-state index contributed by atoms with van der Waals surface area (Å²) in [5.74, 6) is -3.42. The number of carboxylic acids is 3. The van der Waals surface area contributed by atoms with Crippen LogP contribution in [0.4, 0.5) is 11.4 Å². The van der Waals surface area contributed by atoms with Gasteiger partial charge in [-0.3, -0.25) is 0 Å². The minimum atomic E-state index is -1.26. The van der Waals surface area contributed by atoms with Crippen LogP contribution in [0.1, 0.15) is 17.5 Å². The van der Waals surface area contributed by atoms with Crippen molar-refractivity contribution < 1.29 is 29.7 Å². The highest BCUT2D eigenvalue weighted by molar-refractivity contribution is 9.10. The van der Waals surface area contributed by atoms with E-state index in [2.05, 4.69) is 68.6 Å². The second-order valence-corrected chi connectivity index (χ2v) is 8.28. The predicted molar refractivity (Wildman–Crippen MR) is 134 cm³/mol. The van der Waals surface area contributed by atoms with Crippen LogP contribution in [0.5, 0.6) is 0 Å². The van der Waals surface area contributed by atoms with E-state index in [0.29, 0.717) is 18.7 Å². The van der Waals surface area contributed by atoms with E-state index in [0.717, 1.165) is 36.8 Å². The van der Waals surface area contributed by atoms with Gasteiger partial charge in [-0.1, -0.05) is 46.3 Å². The van der Waals surface area contributed by atoms with Gasteiger partial charge in [-0.05, 0) is 55.1 Å². The van der Waals surface area contributed by atoms with E-state index < -0.39 is 17.9 Å². The monoisotopic (exact) mass is 530 g/mol. The van der Waals surface area contributed by atoms with E-state index in [9.17, 15) is 14.4 Å². The topological polar surface area (TPSA) is 127 Å². The molecule has 0 spiro atoms. The van der Waals surface area contributed by atoms with E-state index >= 15 is 0 Å². The number of nitrogens with one attached hydrogen (secondary N) is 1. The zero-order chi connectivity index (χ0) is 24.9. The Balaban J connectivity index is 0.000000440. The van der Waals surface area contributed by atoms with Crippen LogP contribution in [0.25, 0.3) is 0 Å². The predicted octanol–water partition coefficient (Wildman–Crippen LogP) is 4.02. The van der Waals surface area contributed by atoms with Crippen molar-refractivity contribution in [2.24, 2.45) is 0 Å². The fraction of sp³-hybridized carbons (Fsp3) is 0.240. The molecule has 0 atom stereocenters. The van der Waals surface area contributed by atoms with Crippen molar-refractivity contribution in [2.45, 2.75) is 19.3 Å². The molecule has 9 heteroatoms. The first-order valence-electron chi connectivity index (χ1n) is 10.7. The minimum absolute atomic E-state index is 0.558. The third-order valence-electron chi connectivity index (χ3n) is 4.91. The fourth-order valence-corrected chi connectivity index (χ4v) is 3.82. The second kappa shape index (κ2) is 14.0. The van der Waals surface area contributed by atoms with Crippen LogP contribution < -0.4 is 10.2 Å². The van der Waals surface area contributed by atoms with Crippen molar-refractivity contribution in [2.75, 3.05) is 24.5 Å². The Morgan fingerprint density at radius 2 is 1.50 bits per heavy atom. The summed E-state index contributed by atoms with van der Waals surface area (Å²) in [5.41, 5.74) is 5.32. The maximum absolute atomic E-state index is 10.5. The van der Waals surface area contributed by atoms with Crippen molar-refractivity contribution in [3.8, 4) is 0 Å². The normalized spacial score (nSPS) is 12.4. The van der Waals surface area contributed by atoms with Gasteiger partial charge >= 0.3 is 17.9 Å². The van der Waals surface area contributed by atoms with Crippen molar-refractivity contribution in [3.63, 3.8) is 0 Å². The molecule has 0 aromatic heterocycles. The number of aryl methyl sites for hydroxylation is 2. The maximum atomic E-state index is 10.5. The number of aliphatic carboxylic acids is 3. The number of fused-ring (bicyclic) bond motifs is 2. The number of hydrogen-bond acceptors (Lipinski definition) is 5. The third-order valence-corrected chi connectivity index (χ3v) is 5.40. The molecule has 0 radical (unpaired) electrons. The lowest BCUT2D eigenvalue weighted by atomic mass is 10.0. The van der Waals surface area contributed by atoms with Gasteiger partial charge in [-0.15, -0.1) is 0 Å². The number of anilines is 2. The van der Waals surface area contributed by atoms with Crippen LogP contribution in [-0.2, 0) is 27.2 Å². The molecule has 8 nitrogen and oxygen atoms in total. The Morgan fingerprint density at radius 1 is 0.882 bits per heavy atom. The lowest BCUT2D eigenvalue weighted by Crippen LogP contribution is -2.24. The number of halogens is 1. The SMILES string of the molecule is O=C(O)/C=C/CNCCCN1c2ccccc2CCc2ccc(Br)cc21.O=C(O)/C=C\C(=O)O. The number of rotatable bonds is 9. The van der Waals surface area contributed by atoms with Crippen LogP contribution >= 0.6 is 15.9 Å². The lowest BCUT2D eigenvalue weighted by molar-refractivity contribution is -0.134. The summed E-state index contributed by atoms with van der Waals surface area (Å²) in [5, 5.41) is 27.5. The number of benzene rings is 2. The molecule has 0 fully saturated rings. The van der Waals surface area contributed by atoms with Gasteiger partial charge in [0.1, 0.15) is 0 Å². The molecule has 34 heavy (non-hydrogen) atoms. The summed E-state index contributed by atoms with van der Waals surface area (Å²) in [6.07, 6.45) is 7.00.